The van der Waals surface area contributed by atoms with E-state index < -0.39 is 0 Å². The normalized spacial score (nSPS) is 10.7. The minimum Gasteiger partial charge on any atom is -0.394 e. The van der Waals surface area contributed by atoms with Crippen LogP contribution in [0.3, 0.4) is 0 Å². The molecular formula is C14H18N2O3S2. The van der Waals surface area contributed by atoms with Crippen LogP contribution in [0, 0.1) is 0 Å². The zero-order valence-electron chi connectivity index (χ0n) is 11.6. The van der Waals surface area contributed by atoms with Crippen molar-refractivity contribution in [1.29, 1.82) is 0 Å². The SMILES string of the molecule is O=C(Cc1csc(-c2cccs2)n1)NCCCOCCO. The molecule has 0 unspecified atom stereocenters. The molecule has 0 aromatic carbocycles. The molecule has 0 aliphatic rings. The Morgan fingerprint density at radius 3 is 3.05 bits per heavy atom. The number of aliphatic hydroxyl groups excluding tert-OH is 1. The minimum atomic E-state index is -0.0276. The maximum atomic E-state index is 11.8. The van der Waals surface area contributed by atoms with Gasteiger partial charge in [0.15, 0.2) is 0 Å². The zero-order valence-corrected chi connectivity index (χ0v) is 13.2. The Labute approximate surface area is 131 Å². The maximum absolute atomic E-state index is 11.8. The molecule has 0 atom stereocenters. The molecule has 2 rings (SSSR count). The van der Waals surface area contributed by atoms with E-state index >= 15 is 0 Å². The van der Waals surface area contributed by atoms with Crippen molar-refractivity contribution in [2.45, 2.75) is 12.8 Å². The molecule has 2 heterocycles. The van der Waals surface area contributed by atoms with Gasteiger partial charge in [-0.25, -0.2) is 4.98 Å². The van der Waals surface area contributed by atoms with Crippen LogP contribution < -0.4 is 5.32 Å². The van der Waals surface area contributed by atoms with Crippen LogP contribution in [0.2, 0.25) is 0 Å². The van der Waals surface area contributed by atoms with Gasteiger partial charge in [0.1, 0.15) is 5.01 Å². The van der Waals surface area contributed by atoms with E-state index in [2.05, 4.69) is 10.3 Å². The first-order valence-electron chi connectivity index (χ1n) is 6.73. The van der Waals surface area contributed by atoms with Gasteiger partial charge in [-0.15, -0.1) is 22.7 Å². The fraction of sp³-hybridized carbons (Fsp3) is 0.429. The lowest BCUT2D eigenvalue weighted by atomic mass is 10.3. The molecule has 2 aromatic rings. The van der Waals surface area contributed by atoms with E-state index in [1.165, 1.54) is 0 Å². The first-order valence-corrected chi connectivity index (χ1v) is 8.49. The Balaban J connectivity index is 1.68. The summed E-state index contributed by atoms with van der Waals surface area (Å²) in [5.74, 6) is -0.0276. The first kappa shape index (κ1) is 16.1. The number of amides is 1. The van der Waals surface area contributed by atoms with Crippen LogP contribution in [-0.4, -0.2) is 42.4 Å². The second-order valence-corrected chi connectivity index (χ2v) is 6.14. The average Bonchev–Trinajstić information content (AvgIpc) is 3.13. The summed E-state index contributed by atoms with van der Waals surface area (Å²) >= 11 is 3.21. The standard InChI is InChI=1S/C14H18N2O3S2/c17-5-7-19-6-2-4-15-13(18)9-11-10-21-14(16-11)12-3-1-8-20-12/h1,3,8,10,17H,2,4-7,9H2,(H,15,18). The largest absolute Gasteiger partial charge is 0.394 e. The number of rotatable bonds is 9. The predicted octanol–water partition coefficient (Wildman–Crippen LogP) is 1.93. The molecule has 0 fully saturated rings. The number of nitrogens with zero attached hydrogens (tertiary/aromatic N) is 1. The number of thiazole rings is 1. The van der Waals surface area contributed by atoms with E-state index in [0.29, 0.717) is 26.2 Å². The van der Waals surface area contributed by atoms with Crippen molar-refractivity contribution in [1.82, 2.24) is 10.3 Å². The summed E-state index contributed by atoms with van der Waals surface area (Å²) in [6, 6.07) is 4.02. The van der Waals surface area contributed by atoms with Gasteiger partial charge in [0.05, 0.1) is 30.2 Å². The molecule has 0 aliphatic heterocycles. The molecule has 0 saturated carbocycles. The predicted molar refractivity (Wildman–Crippen MR) is 84.7 cm³/mol. The van der Waals surface area contributed by atoms with Crippen molar-refractivity contribution in [2.24, 2.45) is 0 Å². The molecule has 0 spiro atoms. The highest BCUT2D eigenvalue weighted by atomic mass is 32.1. The van der Waals surface area contributed by atoms with Gasteiger partial charge in [-0.2, -0.15) is 0 Å². The van der Waals surface area contributed by atoms with Gasteiger partial charge in [-0.3, -0.25) is 4.79 Å². The lowest BCUT2D eigenvalue weighted by Crippen LogP contribution is -2.27. The Morgan fingerprint density at radius 1 is 1.38 bits per heavy atom. The number of hydrogen-bond donors (Lipinski definition) is 2. The smallest absolute Gasteiger partial charge is 0.226 e. The third-order valence-electron chi connectivity index (χ3n) is 2.65. The van der Waals surface area contributed by atoms with E-state index in [0.717, 1.165) is 22.0 Å². The number of ether oxygens (including phenoxy) is 1. The summed E-state index contributed by atoms with van der Waals surface area (Å²) in [4.78, 5) is 17.4. The van der Waals surface area contributed by atoms with Crippen LogP contribution in [0.15, 0.2) is 22.9 Å². The molecule has 0 radical (unpaired) electrons. The zero-order chi connectivity index (χ0) is 14.9. The van der Waals surface area contributed by atoms with Gasteiger partial charge in [0.25, 0.3) is 0 Å². The lowest BCUT2D eigenvalue weighted by Gasteiger charge is -2.04. The summed E-state index contributed by atoms with van der Waals surface area (Å²) < 4.78 is 5.12. The van der Waals surface area contributed by atoms with E-state index in [4.69, 9.17) is 9.84 Å². The molecular weight excluding hydrogens is 308 g/mol. The van der Waals surface area contributed by atoms with Crippen molar-refractivity contribution in [3.63, 3.8) is 0 Å². The Bertz CT molecular complexity index is 540. The van der Waals surface area contributed by atoms with Gasteiger partial charge in [0.2, 0.25) is 5.91 Å². The molecule has 2 N–H and O–H groups in total. The van der Waals surface area contributed by atoms with E-state index in [1.807, 2.05) is 22.9 Å². The summed E-state index contributed by atoms with van der Waals surface area (Å²) in [7, 11) is 0. The van der Waals surface area contributed by atoms with Gasteiger partial charge in [-0.1, -0.05) is 6.07 Å². The second kappa shape index (κ2) is 8.89. The molecule has 0 bridgehead atoms. The summed E-state index contributed by atoms with van der Waals surface area (Å²) in [6.07, 6.45) is 1.04. The number of carbonyl (C=O) groups excluding carboxylic acids is 1. The third-order valence-corrected chi connectivity index (χ3v) is 4.58. The van der Waals surface area contributed by atoms with Crippen molar-refractivity contribution < 1.29 is 14.6 Å². The quantitative estimate of drug-likeness (QED) is 0.691. The number of thiophene rings is 1. The summed E-state index contributed by atoms with van der Waals surface area (Å²) in [5.41, 5.74) is 0.803. The van der Waals surface area contributed by atoms with E-state index in [-0.39, 0.29) is 12.5 Å². The molecule has 2 aromatic heterocycles. The van der Waals surface area contributed by atoms with Gasteiger partial charge in [0, 0.05) is 18.5 Å². The molecule has 114 valence electrons. The van der Waals surface area contributed by atoms with Crippen LogP contribution in [0.4, 0.5) is 0 Å². The number of aliphatic hydroxyl groups is 1. The Kier molecular flexibility index (Phi) is 6.81. The lowest BCUT2D eigenvalue weighted by molar-refractivity contribution is -0.120. The van der Waals surface area contributed by atoms with E-state index in [1.54, 1.807) is 22.7 Å². The maximum Gasteiger partial charge on any atom is 0.226 e. The fourth-order valence-corrected chi connectivity index (χ4v) is 3.33. The molecule has 1 amide bonds. The Hall–Kier alpha value is -1.28. The Morgan fingerprint density at radius 2 is 2.29 bits per heavy atom. The monoisotopic (exact) mass is 326 g/mol. The van der Waals surface area contributed by atoms with Crippen molar-refractivity contribution >= 4 is 28.6 Å². The fourth-order valence-electron chi connectivity index (χ4n) is 1.70. The topological polar surface area (TPSA) is 71.5 Å². The van der Waals surface area contributed by atoms with Crippen LogP contribution in [0.5, 0.6) is 0 Å². The average molecular weight is 326 g/mol. The molecule has 5 nitrogen and oxygen atoms in total. The first-order chi connectivity index (χ1) is 10.3. The van der Waals surface area contributed by atoms with Gasteiger partial charge in [-0.05, 0) is 17.9 Å². The highest BCUT2D eigenvalue weighted by molar-refractivity contribution is 7.20. The van der Waals surface area contributed by atoms with Crippen LogP contribution in [-0.2, 0) is 16.0 Å². The molecule has 0 saturated heterocycles. The molecule has 21 heavy (non-hydrogen) atoms. The second-order valence-electron chi connectivity index (χ2n) is 4.34. The van der Waals surface area contributed by atoms with E-state index in [9.17, 15) is 4.79 Å². The molecule has 7 heteroatoms. The highest BCUT2D eigenvalue weighted by Crippen LogP contribution is 2.27. The van der Waals surface area contributed by atoms with Crippen molar-refractivity contribution in [3.8, 4) is 9.88 Å². The van der Waals surface area contributed by atoms with Gasteiger partial charge >= 0.3 is 0 Å². The summed E-state index contributed by atoms with van der Waals surface area (Å²) in [5, 5.41) is 16.3. The van der Waals surface area contributed by atoms with Crippen LogP contribution >= 0.6 is 22.7 Å². The minimum absolute atomic E-state index is 0.0276. The third kappa shape index (κ3) is 5.55. The van der Waals surface area contributed by atoms with Crippen molar-refractivity contribution in [3.05, 3.63) is 28.6 Å². The molecule has 0 aliphatic carbocycles. The van der Waals surface area contributed by atoms with Crippen LogP contribution in [0.25, 0.3) is 9.88 Å². The number of aromatic nitrogens is 1. The summed E-state index contributed by atoms with van der Waals surface area (Å²) in [6.45, 7) is 1.49. The van der Waals surface area contributed by atoms with Crippen molar-refractivity contribution in [2.75, 3.05) is 26.4 Å². The number of hydrogen-bond acceptors (Lipinski definition) is 6. The number of carbonyl (C=O) groups is 1. The van der Waals surface area contributed by atoms with Crippen LogP contribution in [0.1, 0.15) is 12.1 Å². The number of nitrogens with one attached hydrogen (secondary N) is 1. The highest BCUT2D eigenvalue weighted by Gasteiger charge is 2.09. The van der Waals surface area contributed by atoms with Gasteiger partial charge < -0.3 is 15.2 Å².